The maximum Gasteiger partial charge on any atom is 0.126 e. The van der Waals surface area contributed by atoms with E-state index >= 15 is 0 Å². The number of aliphatic imine (C=N–C) groups is 1. The van der Waals surface area contributed by atoms with Crippen LogP contribution >= 0.6 is 11.3 Å². The van der Waals surface area contributed by atoms with E-state index in [9.17, 15) is 4.39 Å². The molecule has 2 nitrogen and oxygen atoms in total. The van der Waals surface area contributed by atoms with Crippen LogP contribution in [-0.4, -0.2) is 11.2 Å². The minimum absolute atomic E-state index is 0.0339. The van der Waals surface area contributed by atoms with Crippen LogP contribution in [0.25, 0.3) is 42.7 Å². The summed E-state index contributed by atoms with van der Waals surface area (Å²) in [6.07, 6.45) is 1.94. The molecule has 0 atom stereocenters. The highest BCUT2D eigenvalue weighted by Gasteiger charge is 2.20. The lowest BCUT2D eigenvalue weighted by Gasteiger charge is -2.20. The molecule has 0 saturated carbocycles. The van der Waals surface area contributed by atoms with Gasteiger partial charge in [-0.3, -0.25) is 4.99 Å². The van der Waals surface area contributed by atoms with Crippen molar-refractivity contribution in [1.82, 2.24) is 4.98 Å². The van der Waals surface area contributed by atoms with Gasteiger partial charge in [0, 0.05) is 22.9 Å². The molecule has 0 aliphatic rings. The monoisotopic (exact) mass is 514 g/mol. The highest BCUT2D eigenvalue weighted by molar-refractivity contribution is 7.21. The smallest absolute Gasteiger partial charge is 0.126 e. The summed E-state index contributed by atoms with van der Waals surface area (Å²) < 4.78 is 14.8. The van der Waals surface area contributed by atoms with Crippen molar-refractivity contribution in [3.63, 3.8) is 0 Å². The van der Waals surface area contributed by atoms with Crippen LogP contribution in [0.15, 0.2) is 108 Å². The molecule has 186 valence electrons. The quantitative estimate of drug-likeness (QED) is 0.215. The molecule has 0 fully saturated rings. The van der Waals surface area contributed by atoms with Crippen LogP contribution in [0.1, 0.15) is 31.9 Å². The van der Waals surface area contributed by atoms with E-state index in [4.69, 9.17) is 9.98 Å². The third-order valence-electron chi connectivity index (χ3n) is 6.82. The summed E-state index contributed by atoms with van der Waals surface area (Å²) in [6, 6.07) is 33.9. The largest absolute Gasteiger partial charge is 0.256 e. The van der Waals surface area contributed by atoms with Crippen LogP contribution in [0, 0.1) is 5.82 Å². The molecule has 0 radical (unpaired) electrons. The Kier molecular flexibility index (Phi) is 6.13. The molecule has 1 aromatic heterocycles. The van der Waals surface area contributed by atoms with Gasteiger partial charge in [-0.15, -0.1) is 11.3 Å². The van der Waals surface area contributed by atoms with Crippen LogP contribution < -0.4 is 0 Å². The number of rotatable bonds is 4. The lowest BCUT2D eigenvalue weighted by molar-refractivity contribution is 0.591. The van der Waals surface area contributed by atoms with E-state index in [1.807, 2.05) is 36.5 Å². The summed E-state index contributed by atoms with van der Waals surface area (Å²) in [5.74, 6) is -0.242. The van der Waals surface area contributed by atoms with Gasteiger partial charge in [0.05, 0.1) is 15.9 Å². The number of nitrogens with zero attached hydrogens (tertiary/aromatic N) is 2. The van der Waals surface area contributed by atoms with E-state index in [1.54, 1.807) is 11.3 Å². The van der Waals surface area contributed by atoms with E-state index in [1.165, 1.54) is 28.5 Å². The van der Waals surface area contributed by atoms with Gasteiger partial charge in [0.25, 0.3) is 0 Å². The number of hydrogen-bond acceptors (Lipinski definition) is 3. The Bertz CT molecular complexity index is 1800. The molecule has 0 amide bonds. The second-order valence-electron chi connectivity index (χ2n) is 10.5. The maximum atomic E-state index is 13.7. The second-order valence-corrected chi connectivity index (χ2v) is 11.5. The van der Waals surface area contributed by atoms with Crippen molar-refractivity contribution in [3.8, 4) is 21.7 Å². The summed E-state index contributed by atoms with van der Waals surface area (Å²) in [6.45, 7) is 6.63. The molecule has 0 N–H and O–H groups in total. The first-order chi connectivity index (χ1) is 18.4. The van der Waals surface area contributed by atoms with Gasteiger partial charge >= 0.3 is 0 Å². The molecule has 1 heterocycles. The fourth-order valence-electron chi connectivity index (χ4n) is 4.70. The van der Waals surface area contributed by atoms with Gasteiger partial charge in [0.1, 0.15) is 10.8 Å². The van der Waals surface area contributed by atoms with E-state index in [2.05, 4.69) is 81.4 Å². The number of fused-ring (bicyclic) bond motifs is 2. The fraction of sp³-hybridized carbons (Fsp3) is 0.118. The van der Waals surface area contributed by atoms with Crippen molar-refractivity contribution in [1.29, 1.82) is 0 Å². The van der Waals surface area contributed by atoms with Gasteiger partial charge in [-0.2, -0.15) is 0 Å². The number of thiazole rings is 1. The Morgan fingerprint density at radius 3 is 2.34 bits per heavy atom. The molecule has 0 unspecified atom stereocenters. The van der Waals surface area contributed by atoms with Gasteiger partial charge < -0.3 is 0 Å². The number of halogens is 1. The number of para-hydroxylation sites is 1. The zero-order chi connectivity index (χ0) is 26.3. The predicted octanol–water partition coefficient (Wildman–Crippen LogP) is 9.97. The molecular weight excluding hydrogens is 487 g/mol. The second kappa shape index (κ2) is 9.62. The molecule has 0 saturated heterocycles. The van der Waals surface area contributed by atoms with E-state index < -0.39 is 0 Å². The molecule has 5 aromatic carbocycles. The van der Waals surface area contributed by atoms with Crippen LogP contribution in [0.4, 0.5) is 10.1 Å². The van der Waals surface area contributed by atoms with E-state index in [0.717, 1.165) is 43.2 Å². The molecule has 0 aliphatic heterocycles. The normalized spacial score (nSPS) is 12.1. The molecular formula is C34H27FN2S. The van der Waals surface area contributed by atoms with Crippen molar-refractivity contribution in [2.75, 3.05) is 0 Å². The molecule has 0 aliphatic carbocycles. The third kappa shape index (κ3) is 4.64. The Morgan fingerprint density at radius 1 is 0.789 bits per heavy atom. The molecule has 4 heteroatoms. The van der Waals surface area contributed by atoms with Crippen LogP contribution in [0.5, 0.6) is 0 Å². The Hall–Kier alpha value is -4.15. The predicted molar refractivity (Wildman–Crippen MR) is 160 cm³/mol. The van der Waals surface area contributed by atoms with Crippen molar-refractivity contribution in [2.24, 2.45) is 4.99 Å². The topological polar surface area (TPSA) is 25.2 Å². The summed E-state index contributed by atoms with van der Waals surface area (Å²) in [5, 5.41) is 3.29. The molecule has 38 heavy (non-hydrogen) atoms. The van der Waals surface area contributed by atoms with Crippen LogP contribution in [0.2, 0.25) is 0 Å². The molecule has 0 bridgehead atoms. The minimum atomic E-state index is -0.242. The minimum Gasteiger partial charge on any atom is -0.256 e. The fourth-order valence-corrected chi connectivity index (χ4v) is 5.76. The van der Waals surface area contributed by atoms with Crippen LogP contribution in [-0.2, 0) is 5.41 Å². The van der Waals surface area contributed by atoms with Crippen molar-refractivity contribution >= 4 is 44.2 Å². The molecule has 0 spiro atoms. The Balaban J connectivity index is 1.48. The van der Waals surface area contributed by atoms with Gasteiger partial charge in [-0.05, 0) is 63.7 Å². The Labute approximate surface area is 226 Å². The van der Waals surface area contributed by atoms with Crippen molar-refractivity contribution in [2.45, 2.75) is 26.2 Å². The van der Waals surface area contributed by atoms with Gasteiger partial charge in [-0.1, -0.05) is 87.5 Å². The van der Waals surface area contributed by atoms with Gasteiger partial charge in [-0.25, -0.2) is 9.37 Å². The summed E-state index contributed by atoms with van der Waals surface area (Å²) in [7, 11) is 0. The lowest BCUT2D eigenvalue weighted by atomic mass is 9.85. The SMILES string of the molecule is CC(C)(C)c1cc(-c2ccc(F)cc2)c2nc(-c3ccccc3N=Cc3cccc4ccccc34)sc2c1. The van der Waals surface area contributed by atoms with Gasteiger partial charge in [0.15, 0.2) is 0 Å². The third-order valence-corrected chi connectivity index (χ3v) is 7.85. The zero-order valence-corrected chi connectivity index (χ0v) is 22.4. The number of benzene rings is 5. The first-order valence-corrected chi connectivity index (χ1v) is 13.5. The first-order valence-electron chi connectivity index (χ1n) is 12.7. The summed E-state index contributed by atoms with van der Waals surface area (Å²) in [4.78, 5) is 10.0. The van der Waals surface area contributed by atoms with E-state index in [-0.39, 0.29) is 11.2 Å². The summed E-state index contributed by atoms with van der Waals surface area (Å²) in [5.41, 5.74) is 7.04. The number of aromatic nitrogens is 1. The Morgan fingerprint density at radius 2 is 1.53 bits per heavy atom. The molecule has 6 aromatic rings. The average molecular weight is 515 g/mol. The maximum absolute atomic E-state index is 13.7. The van der Waals surface area contributed by atoms with Crippen LogP contribution in [0.3, 0.4) is 0 Å². The van der Waals surface area contributed by atoms with Crippen molar-refractivity contribution < 1.29 is 4.39 Å². The highest BCUT2D eigenvalue weighted by atomic mass is 32.1. The van der Waals surface area contributed by atoms with Crippen molar-refractivity contribution in [3.05, 3.63) is 120 Å². The highest BCUT2D eigenvalue weighted by Crippen LogP contribution is 2.41. The number of hydrogen-bond donors (Lipinski definition) is 0. The van der Waals surface area contributed by atoms with E-state index in [0.29, 0.717) is 0 Å². The first kappa shape index (κ1) is 24.2. The zero-order valence-electron chi connectivity index (χ0n) is 21.6. The standard InChI is InChI=1S/C34H27FN2S/c1-34(2,3)25-19-29(23-15-17-26(35)18-16-23)32-31(20-25)38-33(37-32)28-13-6-7-14-30(28)36-21-24-11-8-10-22-9-4-5-12-27(22)24/h4-21H,1-3H3. The van der Waals surface area contributed by atoms with Gasteiger partial charge in [0.2, 0.25) is 0 Å². The average Bonchev–Trinajstić information content (AvgIpc) is 3.36. The summed E-state index contributed by atoms with van der Waals surface area (Å²) >= 11 is 1.67. The molecule has 6 rings (SSSR count). The lowest BCUT2D eigenvalue weighted by Crippen LogP contribution is -2.11.